The molecule has 0 bridgehead atoms. The molecule has 8 nitrogen and oxygen atoms in total. The topological polar surface area (TPSA) is 98.2 Å². The molecule has 0 saturated heterocycles. The Bertz CT molecular complexity index is 1140. The van der Waals surface area contributed by atoms with Gasteiger partial charge in [0.05, 0.1) is 19.4 Å². The third-order valence-electron chi connectivity index (χ3n) is 4.77. The van der Waals surface area contributed by atoms with Gasteiger partial charge in [-0.3, -0.25) is 9.59 Å². The van der Waals surface area contributed by atoms with Gasteiger partial charge < -0.3 is 19.5 Å². The van der Waals surface area contributed by atoms with Crippen molar-refractivity contribution in [2.75, 3.05) is 19.0 Å². The molecule has 0 saturated carbocycles. The number of hydrazone groups is 1. The van der Waals surface area contributed by atoms with E-state index in [1.807, 2.05) is 37.3 Å². The Balaban J connectivity index is 1.58. The predicted octanol–water partition coefficient (Wildman–Crippen LogP) is 4.15. The first-order valence-corrected chi connectivity index (χ1v) is 10.7. The van der Waals surface area contributed by atoms with Gasteiger partial charge in [-0.05, 0) is 61.9 Å². The summed E-state index contributed by atoms with van der Waals surface area (Å²) in [5.41, 5.74) is 4.98. The molecule has 0 spiro atoms. The summed E-state index contributed by atoms with van der Waals surface area (Å²) in [5.74, 6) is 0.0762. The third kappa shape index (κ3) is 6.83. The van der Waals surface area contributed by atoms with Crippen LogP contribution in [0.5, 0.6) is 17.2 Å². The fraction of sp³-hybridized carbons (Fsp3) is 0.192. The largest absolute Gasteiger partial charge is 0.494 e. The number of methoxy groups -OCH3 is 1. The standard InChI is InChI=1S/C26H27N3O5/c1-4-33-22-13-11-21(12-14-22)27-25(30)26(31)29-28-18(2)20-10-15-23(24(16-20)32-3)34-17-19-8-6-5-7-9-19/h5-16H,4,17H2,1-3H3,(H,27,30)(H,29,31)/b28-18+. The summed E-state index contributed by atoms with van der Waals surface area (Å²) in [7, 11) is 1.55. The van der Waals surface area contributed by atoms with Crippen molar-refractivity contribution in [3.05, 3.63) is 83.9 Å². The van der Waals surface area contributed by atoms with Crippen LogP contribution >= 0.6 is 0 Å². The van der Waals surface area contributed by atoms with Gasteiger partial charge in [0.1, 0.15) is 12.4 Å². The molecule has 8 heteroatoms. The lowest BCUT2D eigenvalue weighted by Gasteiger charge is -2.12. The van der Waals surface area contributed by atoms with E-state index in [4.69, 9.17) is 14.2 Å². The molecule has 0 unspecified atom stereocenters. The van der Waals surface area contributed by atoms with E-state index in [9.17, 15) is 9.59 Å². The van der Waals surface area contributed by atoms with Gasteiger partial charge in [-0.15, -0.1) is 0 Å². The minimum Gasteiger partial charge on any atom is -0.494 e. The smallest absolute Gasteiger partial charge is 0.329 e. The van der Waals surface area contributed by atoms with Crippen LogP contribution in [-0.4, -0.2) is 31.2 Å². The molecule has 0 aliphatic heterocycles. The number of carbonyl (C=O) groups excluding carboxylic acids is 2. The number of rotatable bonds is 9. The zero-order chi connectivity index (χ0) is 24.3. The van der Waals surface area contributed by atoms with Gasteiger partial charge in [0, 0.05) is 11.3 Å². The van der Waals surface area contributed by atoms with Crippen molar-refractivity contribution < 1.29 is 23.8 Å². The number of nitrogens with zero attached hydrogens (tertiary/aromatic N) is 1. The second-order valence-electron chi connectivity index (χ2n) is 7.19. The molecule has 0 atom stereocenters. The van der Waals surface area contributed by atoms with E-state index in [-0.39, 0.29) is 0 Å². The van der Waals surface area contributed by atoms with Crippen LogP contribution < -0.4 is 25.0 Å². The van der Waals surface area contributed by atoms with Crippen LogP contribution in [-0.2, 0) is 16.2 Å². The van der Waals surface area contributed by atoms with Gasteiger partial charge in [-0.2, -0.15) is 5.10 Å². The Morgan fingerprint density at radius 3 is 2.29 bits per heavy atom. The maximum Gasteiger partial charge on any atom is 0.329 e. The van der Waals surface area contributed by atoms with Crippen LogP contribution in [0.15, 0.2) is 77.9 Å². The van der Waals surface area contributed by atoms with Crippen LogP contribution in [0, 0.1) is 0 Å². The predicted molar refractivity (Wildman–Crippen MR) is 130 cm³/mol. The Morgan fingerprint density at radius 2 is 1.62 bits per heavy atom. The van der Waals surface area contributed by atoms with Crippen LogP contribution in [0.3, 0.4) is 0 Å². The number of benzene rings is 3. The van der Waals surface area contributed by atoms with Gasteiger partial charge in [0.15, 0.2) is 11.5 Å². The average Bonchev–Trinajstić information content (AvgIpc) is 2.87. The second-order valence-corrected chi connectivity index (χ2v) is 7.19. The fourth-order valence-electron chi connectivity index (χ4n) is 2.99. The highest BCUT2D eigenvalue weighted by Gasteiger charge is 2.14. The molecule has 3 rings (SSSR count). The summed E-state index contributed by atoms with van der Waals surface area (Å²) in [6.07, 6.45) is 0. The molecule has 0 aromatic heterocycles. The molecule has 2 amide bonds. The number of hydrogen-bond donors (Lipinski definition) is 2. The molecule has 3 aromatic rings. The maximum absolute atomic E-state index is 12.2. The zero-order valence-electron chi connectivity index (χ0n) is 19.3. The van der Waals surface area contributed by atoms with E-state index in [0.717, 1.165) is 5.56 Å². The number of hydrogen-bond acceptors (Lipinski definition) is 6. The first-order valence-electron chi connectivity index (χ1n) is 10.7. The molecule has 0 radical (unpaired) electrons. The van der Waals surface area contributed by atoms with Gasteiger partial charge in [-0.1, -0.05) is 30.3 Å². The lowest BCUT2D eigenvalue weighted by atomic mass is 10.1. The first-order chi connectivity index (χ1) is 16.5. The minimum atomic E-state index is -0.886. The number of anilines is 1. The summed E-state index contributed by atoms with van der Waals surface area (Å²) in [6.45, 7) is 4.54. The molecule has 0 aliphatic rings. The van der Waals surface area contributed by atoms with Gasteiger partial charge in [0.2, 0.25) is 0 Å². The zero-order valence-corrected chi connectivity index (χ0v) is 19.3. The van der Waals surface area contributed by atoms with E-state index < -0.39 is 11.8 Å². The normalized spacial score (nSPS) is 10.9. The molecular formula is C26H27N3O5. The molecule has 176 valence electrons. The molecular weight excluding hydrogens is 434 g/mol. The van der Waals surface area contributed by atoms with Crippen molar-refractivity contribution in [1.29, 1.82) is 0 Å². The van der Waals surface area contributed by atoms with Crippen LogP contribution in [0.4, 0.5) is 5.69 Å². The highest BCUT2D eigenvalue weighted by molar-refractivity contribution is 6.39. The molecule has 3 aromatic carbocycles. The summed E-state index contributed by atoms with van der Waals surface area (Å²) in [5, 5.41) is 6.55. The van der Waals surface area contributed by atoms with Crippen LogP contribution in [0.25, 0.3) is 0 Å². The van der Waals surface area contributed by atoms with Crippen molar-refractivity contribution in [2.45, 2.75) is 20.5 Å². The molecule has 2 N–H and O–H groups in total. The van der Waals surface area contributed by atoms with E-state index in [1.165, 1.54) is 0 Å². The molecule has 0 heterocycles. The monoisotopic (exact) mass is 461 g/mol. The average molecular weight is 462 g/mol. The Hall–Kier alpha value is -4.33. The van der Waals surface area contributed by atoms with E-state index in [1.54, 1.807) is 56.5 Å². The van der Waals surface area contributed by atoms with Gasteiger partial charge >= 0.3 is 11.8 Å². The van der Waals surface area contributed by atoms with Crippen LogP contribution in [0.1, 0.15) is 25.0 Å². The summed E-state index contributed by atoms with van der Waals surface area (Å²) in [6, 6.07) is 21.9. The number of amides is 2. The van der Waals surface area contributed by atoms with E-state index in [0.29, 0.717) is 47.4 Å². The number of nitrogens with one attached hydrogen (secondary N) is 2. The quantitative estimate of drug-likeness (QED) is 0.283. The summed E-state index contributed by atoms with van der Waals surface area (Å²) >= 11 is 0. The Kier molecular flexibility index (Phi) is 8.62. The molecule has 0 fully saturated rings. The van der Waals surface area contributed by atoms with Crippen molar-refractivity contribution in [3.63, 3.8) is 0 Å². The van der Waals surface area contributed by atoms with Gasteiger partial charge in [-0.25, -0.2) is 5.43 Å². The van der Waals surface area contributed by atoms with Crippen molar-refractivity contribution in [2.24, 2.45) is 5.10 Å². The second kappa shape index (κ2) is 12.1. The maximum atomic E-state index is 12.2. The Labute approximate surface area is 198 Å². The molecule has 34 heavy (non-hydrogen) atoms. The van der Waals surface area contributed by atoms with Gasteiger partial charge in [0.25, 0.3) is 0 Å². The van der Waals surface area contributed by atoms with E-state index in [2.05, 4.69) is 15.8 Å². The lowest BCUT2D eigenvalue weighted by Crippen LogP contribution is -2.32. The highest BCUT2D eigenvalue weighted by atomic mass is 16.5. The fourth-order valence-corrected chi connectivity index (χ4v) is 2.99. The lowest BCUT2D eigenvalue weighted by molar-refractivity contribution is -0.136. The summed E-state index contributed by atoms with van der Waals surface area (Å²) < 4.78 is 16.6. The third-order valence-corrected chi connectivity index (χ3v) is 4.77. The highest BCUT2D eigenvalue weighted by Crippen LogP contribution is 2.29. The SMILES string of the molecule is CCOc1ccc(NC(=O)C(=O)N/N=C(\C)c2ccc(OCc3ccccc3)c(OC)c2)cc1. The van der Waals surface area contributed by atoms with E-state index >= 15 is 0 Å². The van der Waals surface area contributed by atoms with Crippen molar-refractivity contribution in [1.82, 2.24) is 5.43 Å². The number of carbonyl (C=O) groups is 2. The number of ether oxygens (including phenoxy) is 3. The summed E-state index contributed by atoms with van der Waals surface area (Å²) in [4.78, 5) is 24.3. The van der Waals surface area contributed by atoms with Crippen LogP contribution in [0.2, 0.25) is 0 Å². The first kappa shape index (κ1) is 24.3. The van der Waals surface area contributed by atoms with Crippen molar-refractivity contribution in [3.8, 4) is 17.2 Å². The minimum absolute atomic E-state index is 0.406. The molecule has 0 aliphatic carbocycles. The Morgan fingerprint density at radius 1 is 0.882 bits per heavy atom. The van der Waals surface area contributed by atoms with Crippen molar-refractivity contribution >= 4 is 23.2 Å².